The fraction of sp³-hybridized carbons (Fsp3) is 0.538. The second kappa shape index (κ2) is 6.47. The minimum absolute atomic E-state index is 0.0986. The van der Waals surface area contributed by atoms with Crippen molar-refractivity contribution in [1.29, 1.82) is 0 Å². The van der Waals surface area contributed by atoms with Crippen molar-refractivity contribution in [3.63, 3.8) is 0 Å². The van der Waals surface area contributed by atoms with E-state index < -0.39 is 10.0 Å². The van der Waals surface area contributed by atoms with Crippen LogP contribution in [0.3, 0.4) is 0 Å². The number of hydrogen-bond donors (Lipinski definition) is 2. The van der Waals surface area contributed by atoms with Gasteiger partial charge in [0.2, 0.25) is 10.0 Å². The molecule has 0 bridgehead atoms. The molecule has 0 saturated carbocycles. The zero-order chi connectivity index (χ0) is 14.6. The van der Waals surface area contributed by atoms with Crippen LogP contribution >= 0.6 is 0 Å². The van der Waals surface area contributed by atoms with E-state index in [-0.39, 0.29) is 17.0 Å². The fourth-order valence-electron chi connectivity index (χ4n) is 1.45. The van der Waals surface area contributed by atoms with Crippen LogP contribution in [0.1, 0.15) is 25.5 Å². The summed E-state index contributed by atoms with van der Waals surface area (Å²) in [6.45, 7) is 4.20. The van der Waals surface area contributed by atoms with Crippen LogP contribution in [0.25, 0.3) is 0 Å². The Labute approximate surface area is 115 Å². The minimum Gasteiger partial charge on any atom is -0.324 e. The lowest BCUT2D eigenvalue weighted by Gasteiger charge is -2.20. The van der Waals surface area contributed by atoms with Crippen molar-refractivity contribution < 1.29 is 8.42 Å². The Bertz CT molecular complexity index is 495. The summed E-state index contributed by atoms with van der Waals surface area (Å²) in [6, 6.07) is 6.70. The van der Waals surface area contributed by atoms with Crippen LogP contribution in [0.4, 0.5) is 0 Å². The van der Waals surface area contributed by atoms with Crippen LogP contribution in [-0.2, 0) is 10.0 Å². The largest absolute Gasteiger partial charge is 0.324 e. The molecule has 5 nitrogen and oxygen atoms in total. The molecule has 3 N–H and O–H groups in total. The van der Waals surface area contributed by atoms with Gasteiger partial charge >= 0.3 is 0 Å². The molecule has 0 amide bonds. The highest BCUT2D eigenvalue weighted by Crippen LogP contribution is 2.14. The monoisotopic (exact) mass is 285 g/mol. The van der Waals surface area contributed by atoms with E-state index in [9.17, 15) is 8.42 Å². The highest BCUT2D eigenvalue weighted by Gasteiger charge is 2.16. The molecule has 0 aliphatic rings. The van der Waals surface area contributed by atoms with Crippen molar-refractivity contribution in [1.82, 2.24) is 9.62 Å². The molecule has 108 valence electrons. The van der Waals surface area contributed by atoms with Gasteiger partial charge in [0.15, 0.2) is 0 Å². The summed E-state index contributed by atoms with van der Waals surface area (Å²) in [7, 11) is 0.377. The average Bonchev–Trinajstić information content (AvgIpc) is 2.36. The van der Waals surface area contributed by atoms with Gasteiger partial charge in [-0.25, -0.2) is 13.1 Å². The molecule has 1 aromatic rings. The van der Waals surface area contributed by atoms with Crippen LogP contribution in [0.2, 0.25) is 0 Å². The van der Waals surface area contributed by atoms with E-state index in [2.05, 4.69) is 4.72 Å². The van der Waals surface area contributed by atoms with Gasteiger partial charge in [-0.1, -0.05) is 12.1 Å². The molecule has 1 rings (SSSR count). The lowest BCUT2D eigenvalue weighted by Crippen LogP contribution is -2.38. The quantitative estimate of drug-likeness (QED) is 0.815. The number of sulfonamides is 1. The summed E-state index contributed by atoms with van der Waals surface area (Å²) in [5.74, 6) is 0. The molecule has 0 aliphatic carbocycles. The molecular formula is C13H23N3O2S. The van der Waals surface area contributed by atoms with Crippen LogP contribution in [-0.4, -0.2) is 40.0 Å². The van der Waals surface area contributed by atoms with Crippen LogP contribution in [0.15, 0.2) is 29.2 Å². The van der Waals surface area contributed by atoms with Gasteiger partial charge in [-0.2, -0.15) is 0 Å². The standard InChI is InChI=1S/C13H23N3O2S/c1-10(16(3)4)9-15-19(17,18)13-7-5-12(6-8-13)11(2)14/h5-8,10-11,15H,9,14H2,1-4H3. The van der Waals surface area contributed by atoms with Gasteiger partial charge in [-0.3, -0.25) is 0 Å². The maximum Gasteiger partial charge on any atom is 0.240 e. The molecule has 0 saturated heterocycles. The van der Waals surface area contributed by atoms with Crippen molar-refractivity contribution in [3.05, 3.63) is 29.8 Å². The first kappa shape index (κ1) is 16.1. The Morgan fingerprint density at radius 1 is 1.21 bits per heavy atom. The molecular weight excluding hydrogens is 262 g/mol. The number of hydrogen-bond acceptors (Lipinski definition) is 4. The molecule has 0 fully saturated rings. The molecule has 0 aliphatic heterocycles. The zero-order valence-electron chi connectivity index (χ0n) is 11.9. The number of nitrogens with two attached hydrogens (primary N) is 1. The SMILES string of the molecule is CC(N)c1ccc(S(=O)(=O)NCC(C)N(C)C)cc1. The summed E-state index contributed by atoms with van der Waals surface area (Å²) >= 11 is 0. The van der Waals surface area contributed by atoms with E-state index in [0.29, 0.717) is 6.54 Å². The van der Waals surface area contributed by atoms with Crippen molar-refractivity contribution in [2.24, 2.45) is 5.73 Å². The van der Waals surface area contributed by atoms with Gasteiger partial charge in [0, 0.05) is 18.6 Å². The fourth-order valence-corrected chi connectivity index (χ4v) is 2.57. The van der Waals surface area contributed by atoms with E-state index in [4.69, 9.17) is 5.73 Å². The summed E-state index contributed by atoms with van der Waals surface area (Å²) in [5.41, 5.74) is 6.65. The topological polar surface area (TPSA) is 75.4 Å². The predicted molar refractivity (Wildman–Crippen MR) is 77.4 cm³/mol. The molecule has 19 heavy (non-hydrogen) atoms. The van der Waals surface area contributed by atoms with E-state index in [0.717, 1.165) is 5.56 Å². The van der Waals surface area contributed by atoms with Crippen molar-refractivity contribution >= 4 is 10.0 Å². The predicted octanol–water partition coefficient (Wildman–Crippen LogP) is 0.935. The summed E-state index contributed by atoms with van der Waals surface area (Å²) in [5, 5.41) is 0. The van der Waals surface area contributed by atoms with E-state index in [1.165, 1.54) is 0 Å². The van der Waals surface area contributed by atoms with Crippen LogP contribution in [0.5, 0.6) is 0 Å². The first-order valence-corrected chi connectivity index (χ1v) is 7.74. The van der Waals surface area contributed by atoms with Gasteiger partial charge in [0.25, 0.3) is 0 Å². The minimum atomic E-state index is -3.45. The molecule has 0 heterocycles. The summed E-state index contributed by atoms with van der Waals surface area (Å²) < 4.78 is 26.8. The van der Waals surface area contributed by atoms with E-state index in [1.54, 1.807) is 24.3 Å². The molecule has 6 heteroatoms. The Balaban J connectivity index is 2.77. The molecule has 0 radical (unpaired) electrons. The lowest BCUT2D eigenvalue weighted by atomic mass is 10.1. The molecule has 2 atom stereocenters. The second-order valence-electron chi connectivity index (χ2n) is 5.02. The van der Waals surface area contributed by atoms with Crippen LogP contribution < -0.4 is 10.5 Å². The van der Waals surface area contributed by atoms with Gasteiger partial charge in [0.1, 0.15) is 0 Å². The third kappa shape index (κ3) is 4.58. The van der Waals surface area contributed by atoms with Gasteiger partial charge in [-0.05, 0) is 45.6 Å². The smallest absolute Gasteiger partial charge is 0.240 e. The number of nitrogens with one attached hydrogen (secondary N) is 1. The Morgan fingerprint density at radius 2 is 1.74 bits per heavy atom. The normalized spacial score (nSPS) is 15.5. The molecule has 2 unspecified atom stereocenters. The summed E-state index contributed by atoms with van der Waals surface area (Å²) in [4.78, 5) is 2.23. The second-order valence-corrected chi connectivity index (χ2v) is 6.79. The number of nitrogens with zero attached hydrogens (tertiary/aromatic N) is 1. The highest BCUT2D eigenvalue weighted by atomic mass is 32.2. The Hall–Kier alpha value is -0.950. The summed E-state index contributed by atoms with van der Waals surface area (Å²) in [6.07, 6.45) is 0. The zero-order valence-corrected chi connectivity index (χ0v) is 12.7. The van der Waals surface area contributed by atoms with Crippen LogP contribution in [0, 0.1) is 0 Å². The van der Waals surface area contributed by atoms with Gasteiger partial charge in [-0.15, -0.1) is 0 Å². The highest BCUT2D eigenvalue weighted by molar-refractivity contribution is 7.89. The number of rotatable bonds is 6. The lowest BCUT2D eigenvalue weighted by molar-refractivity contribution is 0.314. The number of benzene rings is 1. The molecule has 0 spiro atoms. The van der Waals surface area contributed by atoms with Gasteiger partial charge in [0.05, 0.1) is 4.90 Å². The van der Waals surface area contributed by atoms with Crippen molar-refractivity contribution in [2.75, 3.05) is 20.6 Å². The molecule has 0 aromatic heterocycles. The Morgan fingerprint density at radius 3 is 2.16 bits per heavy atom. The molecule has 1 aromatic carbocycles. The maximum atomic E-state index is 12.1. The first-order valence-electron chi connectivity index (χ1n) is 6.25. The van der Waals surface area contributed by atoms with E-state index >= 15 is 0 Å². The third-order valence-corrected chi connectivity index (χ3v) is 4.61. The maximum absolute atomic E-state index is 12.1. The van der Waals surface area contributed by atoms with Gasteiger partial charge < -0.3 is 10.6 Å². The van der Waals surface area contributed by atoms with Crippen molar-refractivity contribution in [2.45, 2.75) is 30.8 Å². The van der Waals surface area contributed by atoms with E-state index in [1.807, 2.05) is 32.8 Å². The van der Waals surface area contributed by atoms with Crippen molar-refractivity contribution in [3.8, 4) is 0 Å². The number of likely N-dealkylation sites (N-methyl/N-ethyl adjacent to an activating group) is 1. The Kier molecular flexibility index (Phi) is 5.49. The first-order chi connectivity index (χ1) is 8.74. The average molecular weight is 285 g/mol. The third-order valence-electron chi connectivity index (χ3n) is 3.17.